The number of likely N-dealkylation sites (tertiary alicyclic amines) is 1. The molecule has 7 nitrogen and oxygen atoms in total. The van der Waals surface area contributed by atoms with Gasteiger partial charge in [-0.25, -0.2) is 4.79 Å². The highest BCUT2D eigenvalue weighted by Gasteiger charge is 2.23. The van der Waals surface area contributed by atoms with Crippen LogP contribution in [0.2, 0.25) is 0 Å². The van der Waals surface area contributed by atoms with Gasteiger partial charge in [0.1, 0.15) is 0 Å². The molecule has 0 bridgehead atoms. The maximum atomic E-state index is 12.1. The lowest BCUT2D eigenvalue weighted by molar-refractivity contribution is 0.213. The molecule has 1 aromatic rings. The van der Waals surface area contributed by atoms with Gasteiger partial charge in [0.05, 0.1) is 6.04 Å². The van der Waals surface area contributed by atoms with E-state index in [4.69, 9.17) is 4.42 Å². The molecule has 2 aliphatic heterocycles. The van der Waals surface area contributed by atoms with Crippen molar-refractivity contribution in [1.82, 2.24) is 20.4 Å². The van der Waals surface area contributed by atoms with Crippen LogP contribution in [0.5, 0.6) is 0 Å². The SMILES string of the molecule is O=C(Nc1nnc(C2CCCN2)o1)N1CCCCCC1. The van der Waals surface area contributed by atoms with E-state index in [1.54, 1.807) is 0 Å². The van der Waals surface area contributed by atoms with E-state index in [1.807, 2.05) is 4.90 Å². The molecular formula is C13H21N5O2. The summed E-state index contributed by atoms with van der Waals surface area (Å²) in [6.07, 6.45) is 6.64. The Kier molecular flexibility index (Phi) is 4.15. The highest BCUT2D eigenvalue weighted by Crippen LogP contribution is 2.23. The predicted octanol–water partition coefficient (Wildman–Crippen LogP) is 1.90. The number of nitrogens with one attached hydrogen (secondary N) is 2. The summed E-state index contributed by atoms with van der Waals surface area (Å²) in [5, 5.41) is 13.9. The van der Waals surface area contributed by atoms with Crippen LogP contribution in [0.1, 0.15) is 50.5 Å². The largest absolute Gasteiger partial charge is 0.406 e. The van der Waals surface area contributed by atoms with Crippen molar-refractivity contribution in [2.45, 2.75) is 44.6 Å². The Morgan fingerprint density at radius 2 is 2.00 bits per heavy atom. The minimum Gasteiger partial charge on any atom is -0.406 e. The molecule has 3 heterocycles. The van der Waals surface area contributed by atoms with Crippen molar-refractivity contribution in [3.63, 3.8) is 0 Å². The minimum atomic E-state index is -0.138. The molecule has 0 aromatic carbocycles. The molecule has 1 unspecified atom stereocenters. The first-order valence-electron chi connectivity index (χ1n) is 7.45. The Morgan fingerprint density at radius 1 is 1.20 bits per heavy atom. The third kappa shape index (κ3) is 3.09. The van der Waals surface area contributed by atoms with Crippen molar-refractivity contribution in [2.24, 2.45) is 0 Å². The normalized spacial score (nSPS) is 23.6. The van der Waals surface area contributed by atoms with Crippen LogP contribution in [0.3, 0.4) is 0 Å². The van der Waals surface area contributed by atoms with E-state index < -0.39 is 0 Å². The van der Waals surface area contributed by atoms with Crippen molar-refractivity contribution in [2.75, 3.05) is 25.0 Å². The number of nitrogens with zero attached hydrogens (tertiary/aromatic N) is 3. The minimum absolute atomic E-state index is 0.131. The van der Waals surface area contributed by atoms with Crippen LogP contribution in [0.15, 0.2) is 4.42 Å². The van der Waals surface area contributed by atoms with E-state index in [0.717, 1.165) is 45.3 Å². The monoisotopic (exact) mass is 279 g/mol. The van der Waals surface area contributed by atoms with E-state index in [0.29, 0.717) is 5.89 Å². The maximum absolute atomic E-state index is 12.1. The molecule has 2 amide bonds. The van der Waals surface area contributed by atoms with E-state index in [1.165, 1.54) is 12.8 Å². The summed E-state index contributed by atoms with van der Waals surface area (Å²) >= 11 is 0. The zero-order chi connectivity index (χ0) is 13.8. The first kappa shape index (κ1) is 13.4. The van der Waals surface area contributed by atoms with Gasteiger partial charge in [0.15, 0.2) is 0 Å². The summed E-state index contributed by atoms with van der Waals surface area (Å²) in [4.78, 5) is 13.9. The molecule has 0 aliphatic carbocycles. The van der Waals surface area contributed by atoms with Crippen molar-refractivity contribution in [1.29, 1.82) is 0 Å². The van der Waals surface area contributed by atoms with Gasteiger partial charge in [0.25, 0.3) is 0 Å². The van der Waals surface area contributed by atoms with Crippen LogP contribution >= 0.6 is 0 Å². The number of carbonyl (C=O) groups excluding carboxylic acids is 1. The highest BCUT2D eigenvalue weighted by molar-refractivity contribution is 5.86. The predicted molar refractivity (Wildman–Crippen MR) is 73.3 cm³/mol. The zero-order valence-corrected chi connectivity index (χ0v) is 11.6. The molecule has 2 saturated heterocycles. The Labute approximate surface area is 118 Å². The van der Waals surface area contributed by atoms with Gasteiger partial charge >= 0.3 is 12.0 Å². The Morgan fingerprint density at radius 3 is 2.70 bits per heavy atom. The molecular weight excluding hydrogens is 258 g/mol. The number of aromatic nitrogens is 2. The van der Waals surface area contributed by atoms with Crippen molar-refractivity contribution >= 4 is 12.0 Å². The highest BCUT2D eigenvalue weighted by atomic mass is 16.4. The number of carbonyl (C=O) groups is 1. The van der Waals surface area contributed by atoms with E-state index in [-0.39, 0.29) is 18.1 Å². The van der Waals surface area contributed by atoms with E-state index in [9.17, 15) is 4.79 Å². The smallest absolute Gasteiger partial charge is 0.325 e. The third-order valence-electron chi connectivity index (χ3n) is 3.91. The fourth-order valence-electron chi connectivity index (χ4n) is 2.77. The second-order valence-corrected chi connectivity index (χ2v) is 5.43. The molecule has 1 atom stereocenters. The molecule has 2 fully saturated rings. The fraction of sp³-hybridized carbons (Fsp3) is 0.769. The summed E-state index contributed by atoms with van der Waals surface area (Å²) in [6, 6.07) is 0.191. The molecule has 7 heteroatoms. The van der Waals surface area contributed by atoms with Crippen LogP contribution < -0.4 is 10.6 Å². The van der Waals surface area contributed by atoms with Crippen molar-refractivity contribution < 1.29 is 9.21 Å². The lowest BCUT2D eigenvalue weighted by Gasteiger charge is -2.19. The zero-order valence-electron chi connectivity index (χ0n) is 11.6. The third-order valence-corrected chi connectivity index (χ3v) is 3.91. The molecule has 110 valence electrons. The standard InChI is InChI=1S/C13H21N5O2/c19-13(18-8-3-1-2-4-9-18)15-12-17-16-11(20-12)10-6-5-7-14-10/h10,14H,1-9H2,(H,15,17,19). The van der Waals surface area contributed by atoms with Gasteiger partial charge in [0.2, 0.25) is 5.89 Å². The van der Waals surface area contributed by atoms with Crippen LogP contribution in [0, 0.1) is 0 Å². The van der Waals surface area contributed by atoms with Crippen LogP contribution in [-0.2, 0) is 0 Å². The van der Waals surface area contributed by atoms with Gasteiger partial charge in [-0.1, -0.05) is 17.9 Å². The molecule has 2 aliphatic rings. The fourth-order valence-corrected chi connectivity index (χ4v) is 2.77. The average Bonchev–Trinajstić information content (AvgIpc) is 3.05. The van der Waals surface area contributed by atoms with Crippen molar-refractivity contribution in [3.05, 3.63) is 5.89 Å². The second-order valence-electron chi connectivity index (χ2n) is 5.43. The van der Waals surface area contributed by atoms with Gasteiger partial charge in [-0.2, -0.15) is 0 Å². The average molecular weight is 279 g/mol. The summed E-state index contributed by atoms with van der Waals surface area (Å²) in [5.74, 6) is 0.564. The van der Waals surface area contributed by atoms with Gasteiger partial charge < -0.3 is 14.6 Å². The van der Waals surface area contributed by atoms with Gasteiger partial charge in [-0.3, -0.25) is 5.32 Å². The van der Waals surface area contributed by atoms with E-state index >= 15 is 0 Å². The van der Waals surface area contributed by atoms with Gasteiger partial charge in [-0.05, 0) is 32.2 Å². The Balaban J connectivity index is 1.57. The Hall–Kier alpha value is -1.63. The number of urea groups is 1. The molecule has 3 rings (SSSR count). The topological polar surface area (TPSA) is 83.3 Å². The molecule has 0 spiro atoms. The maximum Gasteiger partial charge on any atom is 0.325 e. The lowest BCUT2D eigenvalue weighted by Crippen LogP contribution is -2.35. The van der Waals surface area contributed by atoms with Crippen LogP contribution in [-0.4, -0.2) is 40.8 Å². The number of anilines is 1. The summed E-state index contributed by atoms with van der Waals surface area (Å²) < 4.78 is 5.52. The number of hydrogen-bond donors (Lipinski definition) is 2. The molecule has 0 saturated carbocycles. The molecule has 20 heavy (non-hydrogen) atoms. The molecule has 0 radical (unpaired) electrons. The number of hydrogen-bond acceptors (Lipinski definition) is 5. The quantitative estimate of drug-likeness (QED) is 0.864. The summed E-state index contributed by atoms with van der Waals surface area (Å²) in [5.41, 5.74) is 0. The molecule has 2 N–H and O–H groups in total. The van der Waals surface area contributed by atoms with Crippen LogP contribution in [0.4, 0.5) is 10.8 Å². The van der Waals surface area contributed by atoms with Crippen molar-refractivity contribution in [3.8, 4) is 0 Å². The number of rotatable bonds is 2. The lowest BCUT2D eigenvalue weighted by atomic mass is 10.2. The summed E-state index contributed by atoms with van der Waals surface area (Å²) in [6.45, 7) is 2.58. The second kappa shape index (κ2) is 6.21. The van der Waals surface area contributed by atoms with Gasteiger partial charge in [-0.15, -0.1) is 5.10 Å². The van der Waals surface area contributed by atoms with Gasteiger partial charge in [0, 0.05) is 13.1 Å². The molecule has 1 aromatic heterocycles. The van der Waals surface area contributed by atoms with Crippen LogP contribution in [0.25, 0.3) is 0 Å². The first-order chi connectivity index (χ1) is 9.83. The first-order valence-corrected chi connectivity index (χ1v) is 7.45. The summed E-state index contributed by atoms with van der Waals surface area (Å²) in [7, 11) is 0. The Bertz CT molecular complexity index is 447. The van der Waals surface area contributed by atoms with E-state index in [2.05, 4.69) is 20.8 Å². The number of amides is 2.